The lowest BCUT2D eigenvalue weighted by atomic mass is 9.95. The maximum Gasteiger partial charge on any atom is 0.333 e. The molecular weight excluding hydrogens is 389 g/mol. The molecule has 8 nitrogen and oxygen atoms in total. The number of carbonyl (C=O) groups excluding carboxylic acids is 1. The number of rotatable bonds is 5. The van der Waals surface area contributed by atoms with Crippen LogP contribution in [0.15, 0.2) is 46.2 Å². The van der Waals surface area contributed by atoms with Crippen molar-refractivity contribution in [3.8, 4) is 0 Å². The summed E-state index contributed by atoms with van der Waals surface area (Å²) in [7, 11) is 0. The zero-order valence-corrected chi connectivity index (χ0v) is 16.4. The average molecular weight is 411 g/mol. The lowest BCUT2D eigenvalue weighted by Crippen LogP contribution is -2.45. The van der Waals surface area contributed by atoms with Crippen LogP contribution in [-0.4, -0.2) is 31.1 Å². The van der Waals surface area contributed by atoms with Gasteiger partial charge in [-0.2, -0.15) is 0 Å². The fourth-order valence-electron chi connectivity index (χ4n) is 3.85. The van der Waals surface area contributed by atoms with Gasteiger partial charge in [0.2, 0.25) is 5.91 Å². The number of carbonyl (C=O) groups is 1. The molecule has 0 saturated heterocycles. The molecule has 1 saturated carbocycles. The largest absolute Gasteiger partial charge is 0.352 e. The average Bonchev–Trinajstić information content (AvgIpc) is 2.76. The molecule has 2 heterocycles. The SMILES string of the molecule is O=C(Cn1c(=O)n(Cc2ccc(F)cc2)c(=O)c2nccnc21)NC1CCCCC1. The highest BCUT2D eigenvalue weighted by Gasteiger charge is 2.20. The van der Waals surface area contributed by atoms with Crippen molar-refractivity contribution in [2.75, 3.05) is 0 Å². The highest BCUT2D eigenvalue weighted by atomic mass is 19.1. The van der Waals surface area contributed by atoms with E-state index in [2.05, 4.69) is 15.3 Å². The molecule has 1 N–H and O–H groups in total. The second-order valence-corrected chi connectivity index (χ2v) is 7.52. The van der Waals surface area contributed by atoms with Gasteiger partial charge in [0.1, 0.15) is 12.4 Å². The predicted molar refractivity (Wildman–Crippen MR) is 109 cm³/mol. The number of hydrogen-bond donors (Lipinski definition) is 1. The van der Waals surface area contributed by atoms with Gasteiger partial charge < -0.3 is 5.32 Å². The number of fused-ring (bicyclic) bond motifs is 1. The minimum Gasteiger partial charge on any atom is -0.352 e. The van der Waals surface area contributed by atoms with Crippen LogP contribution in [0.3, 0.4) is 0 Å². The summed E-state index contributed by atoms with van der Waals surface area (Å²) in [6, 6.07) is 5.63. The van der Waals surface area contributed by atoms with E-state index in [0.29, 0.717) is 5.56 Å². The molecule has 30 heavy (non-hydrogen) atoms. The number of amides is 1. The predicted octanol–water partition coefficient (Wildman–Crippen LogP) is 1.59. The van der Waals surface area contributed by atoms with E-state index < -0.39 is 17.1 Å². The Morgan fingerprint density at radius 3 is 2.47 bits per heavy atom. The van der Waals surface area contributed by atoms with Gasteiger partial charge in [0.05, 0.1) is 6.54 Å². The standard InChI is InChI=1S/C21H22FN5O3/c22-15-8-6-14(7-9-15)12-27-20(29)18-19(24-11-10-23-18)26(21(27)30)13-17(28)25-16-4-2-1-3-5-16/h6-11,16H,1-5,12-13H2,(H,25,28). The number of hydrogen-bond acceptors (Lipinski definition) is 5. The first-order chi connectivity index (χ1) is 14.5. The molecular formula is C21H22FN5O3. The summed E-state index contributed by atoms with van der Waals surface area (Å²) < 4.78 is 15.4. The Morgan fingerprint density at radius 1 is 1.03 bits per heavy atom. The van der Waals surface area contributed by atoms with Crippen LogP contribution in [0.25, 0.3) is 11.2 Å². The number of halogens is 1. The quantitative estimate of drug-likeness (QED) is 0.687. The fourth-order valence-corrected chi connectivity index (χ4v) is 3.85. The molecule has 9 heteroatoms. The van der Waals surface area contributed by atoms with E-state index in [1.807, 2.05) is 0 Å². The Morgan fingerprint density at radius 2 is 1.73 bits per heavy atom. The van der Waals surface area contributed by atoms with Crippen LogP contribution in [0.4, 0.5) is 4.39 Å². The van der Waals surface area contributed by atoms with Crippen molar-refractivity contribution in [2.45, 2.75) is 51.2 Å². The van der Waals surface area contributed by atoms with Crippen molar-refractivity contribution < 1.29 is 9.18 Å². The summed E-state index contributed by atoms with van der Waals surface area (Å²) in [6.45, 7) is -0.317. The summed E-state index contributed by atoms with van der Waals surface area (Å²) in [5, 5.41) is 2.97. The van der Waals surface area contributed by atoms with Gasteiger partial charge in [0.25, 0.3) is 5.56 Å². The summed E-state index contributed by atoms with van der Waals surface area (Å²) in [5.41, 5.74) is -0.601. The van der Waals surface area contributed by atoms with Crippen molar-refractivity contribution in [1.82, 2.24) is 24.4 Å². The second-order valence-electron chi connectivity index (χ2n) is 7.52. The Labute approximate surface area is 171 Å². The Kier molecular flexibility index (Phi) is 5.69. The van der Waals surface area contributed by atoms with Crippen molar-refractivity contribution in [3.63, 3.8) is 0 Å². The highest BCUT2D eigenvalue weighted by Crippen LogP contribution is 2.17. The van der Waals surface area contributed by atoms with E-state index in [-0.39, 0.29) is 36.2 Å². The number of nitrogens with zero attached hydrogens (tertiary/aromatic N) is 4. The van der Waals surface area contributed by atoms with Gasteiger partial charge in [-0.3, -0.25) is 18.7 Å². The molecule has 4 rings (SSSR count). The third-order valence-electron chi connectivity index (χ3n) is 5.37. The summed E-state index contributed by atoms with van der Waals surface area (Å²) in [5.74, 6) is -0.713. The molecule has 3 aromatic rings. The van der Waals surface area contributed by atoms with E-state index >= 15 is 0 Å². The van der Waals surface area contributed by atoms with Gasteiger partial charge in [-0.15, -0.1) is 0 Å². The van der Waals surface area contributed by atoms with Crippen LogP contribution in [0.2, 0.25) is 0 Å². The van der Waals surface area contributed by atoms with Crippen LogP contribution in [-0.2, 0) is 17.9 Å². The number of nitrogens with one attached hydrogen (secondary N) is 1. The van der Waals surface area contributed by atoms with Crippen LogP contribution < -0.4 is 16.6 Å². The molecule has 1 fully saturated rings. The van der Waals surface area contributed by atoms with E-state index in [1.54, 1.807) is 0 Å². The van der Waals surface area contributed by atoms with Crippen LogP contribution >= 0.6 is 0 Å². The van der Waals surface area contributed by atoms with Crippen molar-refractivity contribution in [3.05, 3.63) is 68.9 Å². The number of benzene rings is 1. The first-order valence-electron chi connectivity index (χ1n) is 10.0. The molecule has 2 aromatic heterocycles. The van der Waals surface area contributed by atoms with E-state index in [9.17, 15) is 18.8 Å². The Bertz CT molecular complexity index is 1180. The Hall–Kier alpha value is -3.36. The normalized spacial score (nSPS) is 14.7. The molecule has 0 aliphatic heterocycles. The molecule has 0 unspecified atom stereocenters. The molecule has 0 atom stereocenters. The van der Waals surface area contributed by atoms with E-state index in [4.69, 9.17) is 0 Å². The van der Waals surface area contributed by atoms with Crippen molar-refractivity contribution in [1.29, 1.82) is 0 Å². The molecule has 0 bridgehead atoms. The second kappa shape index (κ2) is 8.56. The van der Waals surface area contributed by atoms with Crippen LogP contribution in [0.1, 0.15) is 37.7 Å². The lowest BCUT2D eigenvalue weighted by Gasteiger charge is -2.23. The third kappa shape index (κ3) is 4.14. The van der Waals surface area contributed by atoms with Gasteiger partial charge in [0.15, 0.2) is 11.2 Å². The first kappa shape index (κ1) is 19.9. The highest BCUT2D eigenvalue weighted by molar-refractivity contribution is 5.78. The van der Waals surface area contributed by atoms with Crippen LogP contribution in [0.5, 0.6) is 0 Å². The summed E-state index contributed by atoms with van der Waals surface area (Å²) in [4.78, 5) is 46.8. The smallest absolute Gasteiger partial charge is 0.333 e. The van der Waals surface area contributed by atoms with Gasteiger partial charge in [-0.05, 0) is 30.5 Å². The molecule has 1 amide bonds. The van der Waals surface area contributed by atoms with Gasteiger partial charge in [-0.1, -0.05) is 31.4 Å². The van der Waals surface area contributed by atoms with Crippen molar-refractivity contribution in [2.24, 2.45) is 0 Å². The molecule has 0 spiro atoms. The lowest BCUT2D eigenvalue weighted by molar-refractivity contribution is -0.122. The molecule has 1 aromatic carbocycles. The molecule has 0 radical (unpaired) electrons. The molecule has 1 aliphatic rings. The minimum atomic E-state index is -0.656. The Balaban J connectivity index is 1.70. The third-order valence-corrected chi connectivity index (χ3v) is 5.37. The number of aromatic nitrogens is 4. The monoisotopic (exact) mass is 411 g/mol. The first-order valence-corrected chi connectivity index (χ1v) is 10.0. The zero-order chi connectivity index (χ0) is 21.1. The van der Waals surface area contributed by atoms with Gasteiger partial charge in [0, 0.05) is 18.4 Å². The van der Waals surface area contributed by atoms with E-state index in [1.165, 1.54) is 47.6 Å². The van der Waals surface area contributed by atoms with Crippen LogP contribution in [0, 0.1) is 5.82 Å². The van der Waals surface area contributed by atoms with Gasteiger partial charge in [-0.25, -0.2) is 19.2 Å². The summed E-state index contributed by atoms with van der Waals surface area (Å²) in [6.07, 6.45) is 7.89. The fraction of sp³-hybridized carbons (Fsp3) is 0.381. The van der Waals surface area contributed by atoms with Crippen molar-refractivity contribution >= 4 is 17.1 Å². The maximum absolute atomic E-state index is 13.2. The minimum absolute atomic E-state index is 0.00433. The molecule has 156 valence electrons. The zero-order valence-electron chi connectivity index (χ0n) is 16.4. The maximum atomic E-state index is 13.2. The van der Waals surface area contributed by atoms with E-state index in [0.717, 1.165) is 30.3 Å². The molecule has 1 aliphatic carbocycles. The topological polar surface area (TPSA) is 98.9 Å². The van der Waals surface area contributed by atoms with Gasteiger partial charge >= 0.3 is 5.69 Å². The summed E-state index contributed by atoms with van der Waals surface area (Å²) >= 11 is 0.